The third-order valence-corrected chi connectivity index (χ3v) is 2.08. The van der Waals surface area contributed by atoms with Crippen molar-refractivity contribution in [2.24, 2.45) is 0 Å². The first-order valence-corrected chi connectivity index (χ1v) is 4.17. The van der Waals surface area contributed by atoms with Crippen LogP contribution in [0, 0.1) is 0 Å². The van der Waals surface area contributed by atoms with Gasteiger partial charge in [0, 0.05) is 16.7 Å². The van der Waals surface area contributed by atoms with Gasteiger partial charge in [0.15, 0.2) is 0 Å². The van der Waals surface area contributed by atoms with E-state index in [1.165, 1.54) is 0 Å². The molecule has 1 aliphatic rings. The van der Waals surface area contributed by atoms with Crippen LogP contribution in [0.4, 0.5) is 5.69 Å². The molecule has 0 aliphatic carbocycles. The molecule has 0 spiro atoms. The van der Waals surface area contributed by atoms with Gasteiger partial charge in [0.05, 0.1) is 0 Å². The van der Waals surface area contributed by atoms with Crippen molar-refractivity contribution in [1.29, 1.82) is 0 Å². The molecule has 64 valence electrons. The lowest BCUT2D eigenvalue weighted by Gasteiger charge is -2.29. The fourth-order valence-electron chi connectivity index (χ4n) is 1.43. The van der Waals surface area contributed by atoms with Gasteiger partial charge in [-0.1, -0.05) is 18.2 Å². The number of aromatic hydroxyl groups is 1. The molecule has 1 atom stereocenters. The van der Waals surface area contributed by atoms with Gasteiger partial charge >= 0.3 is 0 Å². The number of fused-ring (bicyclic) bond motifs is 1. The number of nitrogens with one attached hydrogen (secondary N) is 1. The van der Waals surface area contributed by atoms with Crippen LogP contribution in [-0.4, -0.2) is 18.4 Å². The second kappa shape index (κ2) is 2.56. The molecule has 1 aromatic rings. The quantitative estimate of drug-likeness (QED) is 0.582. The first-order valence-electron chi connectivity index (χ1n) is 4.17. The number of hydrogen-bond donors (Lipinski definition) is 2. The average Bonchev–Trinajstić information content (AvgIpc) is 2.02. The smallest absolute Gasteiger partial charge is 0.124 e. The van der Waals surface area contributed by atoms with E-state index in [1.54, 1.807) is 12.1 Å². The number of anilines is 1. The topological polar surface area (TPSA) is 32.3 Å². The number of hydrogen-bond acceptors (Lipinski definition) is 2. The second-order valence-electron chi connectivity index (χ2n) is 3.48. The zero-order valence-electron chi connectivity index (χ0n) is 7.41. The van der Waals surface area contributed by atoms with Crippen molar-refractivity contribution in [1.82, 2.24) is 0 Å². The van der Waals surface area contributed by atoms with Gasteiger partial charge in [0.1, 0.15) is 13.6 Å². The van der Waals surface area contributed by atoms with E-state index in [-0.39, 0.29) is 5.75 Å². The highest BCUT2D eigenvalue weighted by Crippen LogP contribution is 2.32. The molecule has 0 saturated heterocycles. The maximum atomic E-state index is 9.49. The Bertz CT molecular complexity index is 371. The van der Waals surface area contributed by atoms with Gasteiger partial charge in [0.2, 0.25) is 0 Å². The van der Waals surface area contributed by atoms with E-state index in [0.717, 1.165) is 11.3 Å². The lowest BCUT2D eigenvalue weighted by atomic mass is 9.77. The SMILES string of the molecule is [B]C1(C)C=Cc2c(O)cccc2N1. The van der Waals surface area contributed by atoms with Crippen molar-refractivity contribution in [3.8, 4) is 5.75 Å². The average molecular weight is 171 g/mol. The van der Waals surface area contributed by atoms with E-state index < -0.39 is 5.44 Å². The Morgan fingerprint density at radius 1 is 1.46 bits per heavy atom. The van der Waals surface area contributed by atoms with Gasteiger partial charge in [-0.2, -0.15) is 0 Å². The monoisotopic (exact) mass is 171 g/mol. The maximum Gasteiger partial charge on any atom is 0.124 e. The van der Waals surface area contributed by atoms with Crippen molar-refractivity contribution in [2.45, 2.75) is 12.4 Å². The summed E-state index contributed by atoms with van der Waals surface area (Å²) in [6.45, 7) is 1.87. The first kappa shape index (κ1) is 8.23. The van der Waals surface area contributed by atoms with Crippen LogP contribution in [0.15, 0.2) is 24.3 Å². The summed E-state index contributed by atoms with van der Waals surface area (Å²) < 4.78 is 0. The highest BCUT2D eigenvalue weighted by atomic mass is 16.3. The van der Waals surface area contributed by atoms with E-state index in [9.17, 15) is 5.11 Å². The summed E-state index contributed by atoms with van der Waals surface area (Å²) in [6, 6.07) is 5.34. The molecule has 1 unspecified atom stereocenters. The molecule has 2 radical (unpaired) electrons. The van der Waals surface area contributed by atoms with Crippen molar-refractivity contribution in [2.75, 3.05) is 5.32 Å². The second-order valence-corrected chi connectivity index (χ2v) is 3.48. The van der Waals surface area contributed by atoms with E-state index in [1.807, 2.05) is 25.1 Å². The molecule has 3 heteroatoms. The zero-order chi connectivity index (χ0) is 9.47. The third-order valence-electron chi connectivity index (χ3n) is 2.08. The number of rotatable bonds is 0. The number of phenolic OH excluding ortho intramolecular Hbond substituents is 1. The molecule has 2 N–H and O–H groups in total. The van der Waals surface area contributed by atoms with Crippen molar-refractivity contribution in [3.63, 3.8) is 0 Å². The highest BCUT2D eigenvalue weighted by Gasteiger charge is 2.19. The molecule has 13 heavy (non-hydrogen) atoms. The Morgan fingerprint density at radius 3 is 3.00 bits per heavy atom. The number of phenols is 1. The van der Waals surface area contributed by atoms with Crippen molar-refractivity contribution in [3.05, 3.63) is 29.8 Å². The predicted molar refractivity (Wildman–Crippen MR) is 54.9 cm³/mol. The standard InChI is InChI=1S/C10H10BNO/c1-10(11)6-5-7-8(12-10)3-2-4-9(7)13/h2-6,12-13H,1H3. The van der Waals surface area contributed by atoms with E-state index in [0.29, 0.717) is 0 Å². The van der Waals surface area contributed by atoms with Crippen LogP contribution >= 0.6 is 0 Å². The number of benzene rings is 1. The van der Waals surface area contributed by atoms with Gasteiger partial charge in [0.25, 0.3) is 0 Å². The summed E-state index contributed by atoms with van der Waals surface area (Å²) in [7, 11) is 5.86. The van der Waals surface area contributed by atoms with Crippen molar-refractivity contribution < 1.29 is 5.11 Å². The van der Waals surface area contributed by atoms with Crippen molar-refractivity contribution >= 4 is 19.6 Å². The Hall–Kier alpha value is -1.38. The van der Waals surface area contributed by atoms with Crippen LogP contribution in [-0.2, 0) is 0 Å². The third kappa shape index (κ3) is 1.42. The Morgan fingerprint density at radius 2 is 2.23 bits per heavy atom. The van der Waals surface area contributed by atoms with E-state index >= 15 is 0 Å². The summed E-state index contributed by atoms with van der Waals surface area (Å²) >= 11 is 0. The van der Waals surface area contributed by atoms with Crippen LogP contribution in [0.2, 0.25) is 0 Å². The van der Waals surface area contributed by atoms with Crippen LogP contribution in [0.1, 0.15) is 12.5 Å². The summed E-state index contributed by atoms with van der Waals surface area (Å²) in [5, 5.41) is 12.6. The predicted octanol–water partition coefficient (Wildman–Crippen LogP) is 1.72. The fraction of sp³-hybridized carbons (Fsp3) is 0.200. The lowest BCUT2D eigenvalue weighted by Crippen LogP contribution is -2.34. The molecule has 0 fully saturated rings. The Kier molecular flexibility index (Phi) is 1.62. The van der Waals surface area contributed by atoms with E-state index in [4.69, 9.17) is 7.85 Å². The van der Waals surface area contributed by atoms with Crippen LogP contribution in [0.3, 0.4) is 0 Å². The largest absolute Gasteiger partial charge is 0.507 e. The molecule has 1 aromatic carbocycles. The van der Waals surface area contributed by atoms with Gasteiger partial charge < -0.3 is 10.4 Å². The minimum atomic E-state index is -0.527. The minimum absolute atomic E-state index is 0.275. The van der Waals surface area contributed by atoms with Gasteiger partial charge in [-0.05, 0) is 19.1 Å². The minimum Gasteiger partial charge on any atom is -0.507 e. The summed E-state index contributed by atoms with van der Waals surface area (Å²) in [5.74, 6) is 0.275. The van der Waals surface area contributed by atoms with Gasteiger partial charge in [-0.15, -0.1) is 0 Å². The Labute approximate surface area is 78.7 Å². The summed E-state index contributed by atoms with van der Waals surface area (Å²) in [5.41, 5.74) is 1.14. The van der Waals surface area contributed by atoms with Crippen LogP contribution in [0.25, 0.3) is 6.08 Å². The molecule has 1 heterocycles. The maximum absolute atomic E-state index is 9.49. The lowest BCUT2D eigenvalue weighted by molar-refractivity contribution is 0.474. The Balaban J connectivity index is 2.53. The molecule has 0 saturated carbocycles. The molecular weight excluding hydrogens is 161 g/mol. The molecule has 1 aliphatic heterocycles. The summed E-state index contributed by atoms with van der Waals surface area (Å²) in [6.07, 6.45) is 3.66. The van der Waals surface area contributed by atoms with E-state index in [2.05, 4.69) is 5.32 Å². The fourth-order valence-corrected chi connectivity index (χ4v) is 1.43. The van der Waals surface area contributed by atoms with Gasteiger partial charge in [-0.3, -0.25) is 0 Å². The highest BCUT2D eigenvalue weighted by molar-refractivity contribution is 6.19. The van der Waals surface area contributed by atoms with Gasteiger partial charge in [-0.25, -0.2) is 0 Å². The molecule has 0 amide bonds. The summed E-state index contributed by atoms with van der Waals surface area (Å²) in [4.78, 5) is 0. The van der Waals surface area contributed by atoms with Crippen LogP contribution in [0.5, 0.6) is 5.75 Å². The molecule has 2 nitrogen and oxygen atoms in total. The normalized spacial score (nSPS) is 25.0. The zero-order valence-corrected chi connectivity index (χ0v) is 7.41. The molecular formula is C10H10BNO. The first-order chi connectivity index (χ1) is 6.08. The van der Waals surface area contributed by atoms with Crippen LogP contribution < -0.4 is 5.32 Å². The molecule has 0 bridgehead atoms. The molecule has 2 rings (SSSR count). The molecule has 0 aromatic heterocycles.